The SMILES string of the molecule is COCC(C)NC(=S)NCCOCC(F)(F)F. The first-order valence-corrected chi connectivity index (χ1v) is 5.43. The molecule has 8 heteroatoms. The van der Waals surface area contributed by atoms with Gasteiger partial charge in [0.1, 0.15) is 6.61 Å². The fourth-order valence-electron chi connectivity index (χ4n) is 0.991. The van der Waals surface area contributed by atoms with Gasteiger partial charge in [0.05, 0.1) is 13.2 Å². The van der Waals surface area contributed by atoms with E-state index in [-0.39, 0.29) is 19.2 Å². The quantitative estimate of drug-likeness (QED) is 0.537. The molecule has 4 nitrogen and oxygen atoms in total. The Morgan fingerprint density at radius 3 is 2.59 bits per heavy atom. The number of hydrogen-bond donors (Lipinski definition) is 2. The molecule has 0 aliphatic heterocycles. The summed E-state index contributed by atoms with van der Waals surface area (Å²) in [7, 11) is 1.57. The van der Waals surface area contributed by atoms with Crippen molar-refractivity contribution in [2.24, 2.45) is 0 Å². The summed E-state index contributed by atoms with van der Waals surface area (Å²) < 4.78 is 44.4. The fraction of sp³-hybridized carbons (Fsp3) is 0.889. The minimum absolute atomic E-state index is 0.0380. The number of methoxy groups -OCH3 is 1. The third kappa shape index (κ3) is 11.7. The highest BCUT2D eigenvalue weighted by Crippen LogP contribution is 2.13. The van der Waals surface area contributed by atoms with Crippen LogP contribution in [0.2, 0.25) is 0 Å². The van der Waals surface area contributed by atoms with E-state index in [0.29, 0.717) is 11.7 Å². The standard InChI is InChI=1S/C9H17F3N2O2S/c1-7(5-15-2)14-8(17)13-3-4-16-6-9(10,11)12/h7H,3-6H2,1-2H3,(H2,13,14,17). The number of rotatable bonds is 7. The fourth-order valence-corrected chi connectivity index (χ4v) is 1.29. The zero-order chi connectivity index (χ0) is 13.3. The molecule has 0 radical (unpaired) electrons. The van der Waals surface area contributed by atoms with Crippen LogP contribution in [-0.2, 0) is 9.47 Å². The highest BCUT2D eigenvalue weighted by atomic mass is 32.1. The van der Waals surface area contributed by atoms with Crippen LogP contribution >= 0.6 is 12.2 Å². The molecular weight excluding hydrogens is 257 g/mol. The monoisotopic (exact) mass is 274 g/mol. The van der Waals surface area contributed by atoms with Gasteiger partial charge >= 0.3 is 6.18 Å². The van der Waals surface area contributed by atoms with Crippen molar-refractivity contribution in [3.8, 4) is 0 Å². The lowest BCUT2D eigenvalue weighted by atomic mass is 10.4. The van der Waals surface area contributed by atoms with Crippen LogP contribution in [0.5, 0.6) is 0 Å². The summed E-state index contributed by atoms with van der Waals surface area (Å²) in [6.07, 6.45) is -4.29. The second-order valence-corrected chi connectivity index (χ2v) is 3.83. The summed E-state index contributed by atoms with van der Waals surface area (Å²) in [5, 5.41) is 6.00. The van der Waals surface area contributed by atoms with Crippen LogP contribution in [-0.4, -0.2) is 50.8 Å². The molecule has 2 N–H and O–H groups in total. The molecule has 0 aromatic rings. The number of nitrogens with one attached hydrogen (secondary N) is 2. The molecule has 0 rings (SSSR count). The molecule has 0 aliphatic rings. The van der Waals surface area contributed by atoms with E-state index in [4.69, 9.17) is 17.0 Å². The van der Waals surface area contributed by atoms with Crippen LogP contribution in [0.4, 0.5) is 13.2 Å². The molecule has 0 saturated carbocycles. The van der Waals surface area contributed by atoms with Crippen molar-refractivity contribution in [1.29, 1.82) is 0 Å². The van der Waals surface area contributed by atoms with Crippen molar-refractivity contribution < 1.29 is 22.6 Å². The summed E-state index contributed by atoms with van der Waals surface area (Å²) in [5.41, 5.74) is 0. The van der Waals surface area contributed by atoms with E-state index >= 15 is 0 Å². The van der Waals surface area contributed by atoms with Crippen LogP contribution in [0.15, 0.2) is 0 Å². The molecule has 0 fully saturated rings. The number of thiocarbonyl (C=S) groups is 1. The highest BCUT2D eigenvalue weighted by Gasteiger charge is 2.27. The predicted octanol–water partition coefficient (Wildman–Crippen LogP) is 1.06. The maximum absolute atomic E-state index is 11.7. The second-order valence-electron chi connectivity index (χ2n) is 3.42. The Bertz CT molecular complexity index is 227. The third-order valence-electron chi connectivity index (χ3n) is 1.59. The van der Waals surface area contributed by atoms with Gasteiger partial charge in [0.2, 0.25) is 0 Å². The van der Waals surface area contributed by atoms with Gasteiger partial charge in [-0.15, -0.1) is 0 Å². The van der Waals surface area contributed by atoms with Crippen LogP contribution in [0.25, 0.3) is 0 Å². The van der Waals surface area contributed by atoms with Crippen LogP contribution < -0.4 is 10.6 Å². The van der Waals surface area contributed by atoms with Gasteiger partial charge in [0.15, 0.2) is 5.11 Å². The van der Waals surface area contributed by atoms with Crippen molar-refractivity contribution in [2.45, 2.75) is 19.1 Å². The topological polar surface area (TPSA) is 42.5 Å². The number of alkyl halides is 3. The van der Waals surface area contributed by atoms with Crippen LogP contribution in [0, 0.1) is 0 Å². The highest BCUT2D eigenvalue weighted by molar-refractivity contribution is 7.80. The molecule has 0 heterocycles. The van der Waals surface area contributed by atoms with Gasteiger partial charge in [-0.2, -0.15) is 13.2 Å². The van der Waals surface area contributed by atoms with Crippen LogP contribution in [0.1, 0.15) is 6.92 Å². The zero-order valence-electron chi connectivity index (χ0n) is 9.76. The largest absolute Gasteiger partial charge is 0.411 e. The van der Waals surface area contributed by atoms with E-state index in [2.05, 4.69) is 15.4 Å². The minimum Gasteiger partial charge on any atom is -0.383 e. The Morgan fingerprint density at radius 2 is 2.06 bits per heavy atom. The van der Waals surface area contributed by atoms with Gasteiger partial charge < -0.3 is 20.1 Å². The molecule has 0 spiro atoms. The predicted molar refractivity (Wildman–Crippen MR) is 61.9 cm³/mol. The molecule has 0 aliphatic carbocycles. The van der Waals surface area contributed by atoms with Crippen molar-refractivity contribution >= 4 is 17.3 Å². The Labute approximate surface area is 104 Å². The average molecular weight is 274 g/mol. The van der Waals surface area contributed by atoms with E-state index in [1.165, 1.54) is 0 Å². The zero-order valence-corrected chi connectivity index (χ0v) is 10.6. The molecule has 1 unspecified atom stereocenters. The summed E-state index contributed by atoms with van der Waals surface area (Å²) in [5.74, 6) is 0. The minimum atomic E-state index is -4.29. The first kappa shape index (κ1) is 16.4. The number of ether oxygens (including phenoxy) is 2. The van der Waals surface area contributed by atoms with E-state index in [0.717, 1.165) is 0 Å². The van der Waals surface area contributed by atoms with Gasteiger partial charge in [0, 0.05) is 19.7 Å². The lowest BCUT2D eigenvalue weighted by Crippen LogP contribution is -2.43. The molecule has 0 saturated heterocycles. The number of hydrogen-bond acceptors (Lipinski definition) is 3. The van der Waals surface area contributed by atoms with Gasteiger partial charge in [0.25, 0.3) is 0 Å². The number of halogens is 3. The molecule has 0 amide bonds. The van der Waals surface area contributed by atoms with E-state index in [1.54, 1.807) is 7.11 Å². The van der Waals surface area contributed by atoms with Crippen molar-refractivity contribution in [3.63, 3.8) is 0 Å². The van der Waals surface area contributed by atoms with Crippen molar-refractivity contribution in [3.05, 3.63) is 0 Å². The molecule has 17 heavy (non-hydrogen) atoms. The summed E-state index contributed by atoms with van der Waals surface area (Å²) >= 11 is 4.91. The Hall–Kier alpha value is -0.600. The van der Waals surface area contributed by atoms with Gasteiger partial charge in [-0.05, 0) is 19.1 Å². The second kappa shape index (κ2) is 8.48. The lowest BCUT2D eigenvalue weighted by Gasteiger charge is -2.16. The van der Waals surface area contributed by atoms with E-state index in [9.17, 15) is 13.2 Å². The van der Waals surface area contributed by atoms with Crippen LogP contribution in [0.3, 0.4) is 0 Å². The van der Waals surface area contributed by atoms with Crippen molar-refractivity contribution in [2.75, 3.05) is 33.5 Å². The smallest absolute Gasteiger partial charge is 0.383 e. The Kier molecular flexibility index (Phi) is 8.19. The average Bonchev–Trinajstić information content (AvgIpc) is 2.15. The third-order valence-corrected chi connectivity index (χ3v) is 1.85. The normalized spacial score (nSPS) is 13.2. The molecule has 1 atom stereocenters. The summed E-state index contributed by atoms with van der Waals surface area (Å²) in [6.45, 7) is 1.29. The summed E-state index contributed by atoms with van der Waals surface area (Å²) in [6, 6.07) is 0.0380. The first-order valence-electron chi connectivity index (χ1n) is 5.03. The Balaban J connectivity index is 3.46. The molecule has 0 aromatic carbocycles. The Morgan fingerprint density at radius 1 is 1.41 bits per heavy atom. The van der Waals surface area contributed by atoms with E-state index in [1.807, 2.05) is 6.92 Å². The van der Waals surface area contributed by atoms with Gasteiger partial charge in [-0.3, -0.25) is 0 Å². The lowest BCUT2D eigenvalue weighted by molar-refractivity contribution is -0.173. The van der Waals surface area contributed by atoms with Gasteiger partial charge in [-0.25, -0.2) is 0 Å². The molecule has 0 bridgehead atoms. The maximum Gasteiger partial charge on any atom is 0.411 e. The maximum atomic E-state index is 11.7. The first-order chi connectivity index (χ1) is 7.85. The van der Waals surface area contributed by atoms with E-state index < -0.39 is 12.8 Å². The molecular formula is C9H17F3N2O2S. The van der Waals surface area contributed by atoms with Gasteiger partial charge in [-0.1, -0.05) is 0 Å². The molecule has 0 aromatic heterocycles. The van der Waals surface area contributed by atoms with Crippen molar-refractivity contribution in [1.82, 2.24) is 10.6 Å². The molecule has 102 valence electrons. The summed E-state index contributed by atoms with van der Waals surface area (Å²) in [4.78, 5) is 0.